The van der Waals surface area contributed by atoms with Crippen LogP contribution in [0.1, 0.15) is 76.2 Å². The largest absolute Gasteiger partial charge is 0.491 e. The predicted molar refractivity (Wildman–Crippen MR) is 128 cm³/mol. The summed E-state index contributed by atoms with van der Waals surface area (Å²) in [5.41, 5.74) is 2.11. The lowest BCUT2D eigenvalue weighted by molar-refractivity contribution is -0.132. The quantitative estimate of drug-likeness (QED) is 0.247. The average molecular weight is 447 g/mol. The maximum atomic E-state index is 12.5. The van der Waals surface area contributed by atoms with E-state index in [1.165, 1.54) is 0 Å². The number of carbonyl (C=O) groups is 1. The van der Waals surface area contributed by atoms with E-state index in [0.29, 0.717) is 22.2 Å². The highest BCUT2D eigenvalue weighted by atomic mass is 28.5. The van der Waals surface area contributed by atoms with Crippen LogP contribution in [0.5, 0.6) is 0 Å². The van der Waals surface area contributed by atoms with E-state index >= 15 is 0 Å². The van der Waals surface area contributed by atoms with Crippen molar-refractivity contribution < 1.29 is 17.5 Å². The fourth-order valence-corrected chi connectivity index (χ4v) is 22.7. The van der Waals surface area contributed by atoms with Crippen molar-refractivity contribution in [2.75, 3.05) is 0 Å². The van der Waals surface area contributed by atoms with E-state index in [-0.39, 0.29) is 17.1 Å². The molecule has 0 unspecified atom stereocenters. The van der Waals surface area contributed by atoms with Crippen molar-refractivity contribution in [3.05, 3.63) is 12.2 Å². The third kappa shape index (κ3) is 6.14. The minimum atomic E-state index is -2.87. The van der Waals surface area contributed by atoms with Crippen LogP contribution in [0.25, 0.3) is 0 Å². The standard InChI is InChI=1S/C21H46O4Si3/c1-15(2)21(22)23-28(19(9)10,20(11)12)25-26(13,14)24-27(16(3)4,17(5)6)18(7)8/h16-20H,1H2,2-14H3. The maximum Gasteiger partial charge on any atom is 0.398 e. The Hall–Kier alpha value is -0.219. The normalized spacial score (nSPS) is 13.9. The molecule has 0 radical (unpaired) electrons. The molecule has 0 atom stereocenters. The molecule has 0 bridgehead atoms. The summed E-state index contributed by atoms with van der Waals surface area (Å²) in [4.78, 5) is 12.5. The third-order valence-corrected chi connectivity index (χ3v) is 21.5. The molecular formula is C21H46O4Si3. The number of hydrogen-bond acceptors (Lipinski definition) is 4. The van der Waals surface area contributed by atoms with Gasteiger partial charge >= 0.3 is 23.1 Å². The van der Waals surface area contributed by atoms with Gasteiger partial charge in [0.05, 0.1) is 0 Å². The van der Waals surface area contributed by atoms with E-state index in [1.54, 1.807) is 6.92 Å². The molecule has 0 N–H and O–H groups in total. The fourth-order valence-electron chi connectivity index (χ4n) is 4.58. The number of rotatable bonds is 11. The molecule has 0 aliphatic heterocycles. The van der Waals surface area contributed by atoms with Crippen LogP contribution in [0.4, 0.5) is 0 Å². The summed E-state index contributed by atoms with van der Waals surface area (Å²) in [7, 11) is -7.53. The lowest BCUT2D eigenvalue weighted by Gasteiger charge is -2.49. The minimum Gasteiger partial charge on any atom is -0.491 e. The summed E-state index contributed by atoms with van der Waals surface area (Å²) in [6.45, 7) is 31.8. The molecule has 0 rings (SSSR count). The van der Waals surface area contributed by atoms with Crippen LogP contribution in [0.3, 0.4) is 0 Å². The van der Waals surface area contributed by atoms with Crippen molar-refractivity contribution in [1.29, 1.82) is 0 Å². The van der Waals surface area contributed by atoms with Gasteiger partial charge in [0.1, 0.15) is 0 Å². The zero-order valence-corrected chi connectivity index (χ0v) is 23.7. The number of hydrogen-bond donors (Lipinski definition) is 0. The summed E-state index contributed by atoms with van der Waals surface area (Å²) in [6.07, 6.45) is 0. The van der Waals surface area contributed by atoms with Gasteiger partial charge in [-0.05, 0) is 36.6 Å². The molecule has 0 aliphatic carbocycles. The smallest absolute Gasteiger partial charge is 0.398 e. The van der Waals surface area contributed by atoms with Crippen molar-refractivity contribution in [1.82, 2.24) is 0 Å². The molecule has 0 heterocycles. The molecule has 7 heteroatoms. The van der Waals surface area contributed by atoms with Crippen molar-refractivity contribution in [2.45, 2.75) is 117 Å². The Morgan fingerprint density at radius 1 is 0.714 bits per heavy atom. The minimum absolute atomic E-state index is 0.124. The first kappa shape index (κ1) is 27.8. The second-order valence-corrected chi connectivity index (χ2v) is 23.7. The van der Waals surface area contributed by atoms with Crippen LogP contribution in [0, 0.1) is 0 Å². The summed E-state index contributed by atoms with van der Waals surface area (Å²) in [5.74, 6) is -0.348. The highest BCUT2D eigenvalue weighted by Gasteiger charge is 2.56. The van der Waals surface area contributed by atoms with Gasteiger partial charge < -0.3 is 12.7 Å². The number of carbonyl (C=O) groups excluding carboxylic acids is 1. The Labute approximate surface area is 178 Å². The zero-order valence-electron chi connectivity index (χ0n) is 20.7. The molecule has 0 aliphatic rings. The van der Waals surface area contributed by atoms with E-state index in [2.05, 4.69) is 88.9 Å². The lowest BCUT2D eigenvalue weighted by Crippen LogP contribution is -2.62. The summed E-state index contributed by atoms with van der Waals surface area (Å²) < 4.78 is 20.1. The summed E-state index contributed by atoms with van der Waals surface area (Å²) >= 11 is 0. The Balaban J connectivity index is 6.14. The van der Waals surface area contributed by atoms with Crippen LogP contribution in [0.2, 0.25) is 40.8 Å². The van der Waals surface area contributed by atoms with Gasteiger partial charge in [-0.1, -0.05) is 75.8 Å². The molecule has 0 spiro atoms. The average Bonchev–Trinajstić information content (AvgIpc) is 2.49. The Bertz CT molecular complexity index is 510. The van der Waals surface area contributed by atoms with E-state index in [9.17, 15) is 4.79 Å². The first-order chi connectivity index (χ1) is 12.5. The van der Waals surface area contributed by atoms with E-state index < -0.39 is 25.4 Å². The van der Waals surface area contributed by atoms with E-state index in [4.69, 9.17) is 12.7 Å². The van der Waals surface area contributed by atoms with Gasteiger partial charge in [0.25, 0.3) is 0 Å². The van der Waals surface area contributed by atoms with E-state index in [1.807, 2.05) is 0 Å². The molecule has 0 fully saturated rings. The molecule has 0 aromatic carbocycles. The summed E-state index contributed by atoms with van der Waals surface area (Å²) in [6, 6.07) is 0. The monoisotopic (exact) mass is 446 g/mol. The van der Waals surface area contributed by atoms with Crippen molar-refractivity contribution >= 4 is 31.4 Å². The Morgan fingerprint density at radius 2 is 1.07 bits per heavy atom. The Morgan fingerprint density at radius 3 is 1.32 bits per heavy atom. The molecular weight excluding hydrogens is 400 g/mol. The third-order valence-electron chi connectivity index (χ3n) is 5.75. The fraction of sp³-hybridized carbons (Fsp3) is 0.857. The highest BCUT2D eigenvalue weighted by Crippen LogP contribution is 2.46. The molecule has 28 heavy (non-hydrogen) atoms. The molecule has 166 valence electrons. The Kier molecular flexibility index (Phi) is 10.1. The van der Waals surface area contributed by atoms with Crippen LogP contribution in [-0.2, 0) is 17.5 Å². The predicted octanol–water partition coefficient (Wildman–Crippen LogP) is 7.28. The van der Waals surface area contributed by atoms with Gasteiger partial charge in [-0.15, -0.1) is 0 Å². The van der Waals surface area contributed by atoms with Crippen LogP contribution in [-0.4, -0.2) is 31.4 Å². The molecule has 0 amide bonds. The van der Waals surface area contributed by atoms with Gasteiger partial charge in [0.15, 0.2) is 8.32 Å². The second-order valence-electron chi connectivity index (χ2n) is 10.1. The van der Waals surface area contributed by atoms with Gasteiger partial charge in [0, 0.05) is 16.7 Å². The molecule has 0 aromatic rings. The molecule has 0 saturated carbocycles. The SMILES string of the molecule is C=C(C)C(=O)O[Si](O[Si](C)(C)O[Si](C(C)C)(C(C)C)C(C)C)(C(C)C)C(C)C. The topological polar surface area (TPSA) is 44.8 Å². The molecule has 0 saturated heterocycles. The van der Waals surface area contributed by atoms with Gasteiger partial charge in [-0.25, -0.2) is 4.79 Å². The second kappa shape index (κ2) is 10.2. The van der Waals surface area contributed by atoms with Crippen LogP contribution >= 0.6 is 0 Å². The zero-order chi connectivity index (χ0) is 22.7. The molecule has 4 nitrogen and oxygen atoms in total. The van der Waals surface area contributed by atoms with Crippen molar-refractivity contribution in [3.8, 4) is 0 Å². The van der Waals surface area contributed by atoms with Gasteiger partial charge in [-0.2, -0.15) is 0 Å². The van der Waals surface area contributed by atoms with Crippen molar-refractivity contribution in [2.24, 2.45) is 0 Å². The highest BCUT2D eigenvalue weighted by molar-refractivity contribution is 6.90. The van der Waals surface area contributed by atoms with Gasteiger partial charge in [0.2, 0.25) is 0 Å². The van der Waals surface area contributed by atoms with Crippen LogP contribution in [0.15, 0.2) is 12.2 Å². The van der Waals surface area contributed by atoms with Crippen molar-refractivity contribution in [3.63, 3.8) is 0 Å². The van der Waals surface area contributed by atoms with Crippen LogP contribution < -0.4 is 0 Å². The van der Waals surface area contributed by atoms with Gasteiger partial charge in [-0.3, -0.25) is 0 Å². The van der Waals surface area contributed by atoms with E-state index in [0.717, 1.165) is 0 Å². The lowest BCUT2D eigenvalue weighted by atomic mass is 10.4. The first-order valence-electron chi connectivity index (χ1n) is 10.7. The summed E-state index contributed by atoms with van der Waals surface area (Å²) in [5, 5.41) is 0. The first-order valence-corrected chi connectivity index (χ1v) is 17.7. The maximum absolute atomic E-state index is 12.5. The molecule has 0 aromatic heterocycles.